The van der Waals surface area contributed by atoms with E-state index < -0.39 is 11.8 Å². The summed E-state index contributed by atoms with van der Waals surface area (Å²) in [5.41, 5.74) is 0.324. The van der Waals surface area contributed by atoms with E-state index in [1.165, 1.54) is 0 Å². The molecule has 0 aliphatic carbocycles. The number of carbonyl (C=O) groups excluding carboxylic acids is 2. The van der Waals surface area contributed by atoms with Gasteiger partial charge in [-0.3, -0.25) is 14.5 Å². The Morgan fingerprint density at radius 2 is 2.09 bits per heavy atom. The van der Waals surface area contributed by atoms with Crippen LogP contribution >= 0.6 is 23.2 Å². The summed E-state index contributed by atoms with van der Waals surface area (Å²) < 4.78 is 0. The SMILES string of the molecule is CCN1CCC[C@@H]1CNC(=O)C(=O)Nc1cccc(Cl)c1Cl. The third-order valence-electron chi connectivity index (χ3n) is 3.81. The number of nitrogens with zero attached hydrogens (tertiary/aromatic N) is 1. The van der Waals surface area contributed by atoms with Crippen LogP contribution in [0.15, 0.2) is 18.2 Å². The van der Waals surface area contributed by atoms with E-state index in [-0.39, 0.29) is 5.02 Å². The molecule has 2 N–H and O–H groups in total. The largest absolute Gasteiger partial charge is 0.346 e. The number of benzene rings is 1. The van der Waals surface area contributed by atoms with Crippen molar-refractivity contribution in [3.8, 4) is 0 Å². The van der Waals surface area contributed by atoms with Gasteiger partial charge in [0.2, 0.25) is 0 Å². The molecule has 1 aromatic carbocycles. The molecular formula is C15H19Cl2N3O2. The van der Waals surface area contributed by atoms with Crippen LogP contribution in [0, 0.1) is 0 Å². The lowest BCUT2D eigenvalue weighted by Gasteiger charge is -2.22. The van der Waals surface area contributed by atoms with Crippen LogP contribution in [0.4, 0.5) is 5.69 Å². The Balaban J connectivity index is 1.87. The maximum atomic E-state index is 11.9. The van der Waals surface area contributed by atoms with Gasteiger partial charge in [0.15, 0.2) is 0 Å². The molecule has 5 nitrogen and oxygen atoms in total. The molecule has 1 saturated heterocycles. The predicted octanol–water partition coefficient (Wildman–Crippen LogP) is 2.53. The summed E-state index contributed by atoms with van der Waals surface area (Å²) in [4.78, 5) is 26.1. The lowest BCUT2D eigenvalue weighted by atomic mass is 10.2. The highest BCUT2D eigenvalue weighted by atomic mass is 35.5. The fourth-order valence-electron chi connectivity index (χ4n) is 2.61. The van der Waals surface area contributed by atoms with E-state index in [1.54, 1.807) is 18.2 Å². The zero-order valence-electron chi connectivity index (χ0n) is 12.4. The van der Waals surface area contributed by atoms with Crippen LogP contribution in [0.1, 0.15) is 19.8 Å². The summed E-state index contributed by atoms with van der Waals surface area (Å²) in [5.74, 6) is -1.41. The first-order valence-electron chi connectivity index (χ1n) is 7.30. The molecule has 0 unspecified atom stereocenters. The Morgan fingerprint density at radius 1 is 1.32 bits per heavy atom. The average molecular weight is 344 g/mol. The summed E-state index contributed by atoms with van der Waals surface area (Å²) >= 11 is 11.8. The molecule has 7 heteroatoms. The second-order valence-corrected chi connectivity index (χ2v) is 5.98. The Bertz CT molecular complexity index is 566. The van der Waals surface area contributed by atoms with Gasteiger partial charge in [-0.15, -0.1) is 0 Å². The van der Waals surface area contributed by atoms with Crippen molar-refractivity contribution in [1.82, 2.24) is 10.2 Å². The second kappa shape index (κ2) is 7.81. The number of anilines is 1. The molecular weight excluding hydrogens is 325 g/mol. The molecule has 0 saturated carbocycles. The molecule has 0 bridgehead atoms. The van der Waals surface area contributed by atoms with Gasteiger partial charge in [-0.05, 0) is 38.1 Å². The lowest BCUT2D eigenvalue weighted by molar-refractivity contribution is -0.136. The van der Waals surface area contributed by atoms with Crippen molar-refractivity contribution in [2.75, 3.05) is 25.0 Å². The fourth-order valence-corrected chi connectivity index (χ4v) is 2.96. The maximum absolute atomic E-state index is 11.9. The molecule has 0 aromatic heterocycles. The van der Waals surface area contributed by atoms with Gasteiger partial charge >= 0.3 is 11.8 Å². The Hall–Kier alpha value is -1.30. The number of hydrogen-bond acceptors (Lipinski definition) is 3. The predicted molar refractivity (Wildman–Crippen MR) is 88.4 cm³/mol. The van der Waals surface area contributed by atoms with E-state index in [0.29, 0.717) is 23.3 Å². The van der Waals surface area contributed by atoms with Crippen molar-refractivity contribution in [3.63, 3.8) is 0 Å². The summed E-state index contributed by atoms with van der Waals surface area (Å²) in [6.45, 7) is 4.56. The standard InChI is InChI=1S/C15H19Cl2N3O2/c1-2-20-8-4-5-10(20)9-18-14(21)15(22)19-12-7-3-6-11(16)13(12)17/h3,6-7,10H,2,4-5,8-9H2,1H3,(H,18,21)(H,19,22)/t10-/m1/s1. The molecule has 1 aliphatic rings. The number of carbonyl (C=O) groups is 2. The Labute approximate surface area is 139 Å². The van der Waals surface area contributed by atoms with Gasteiger partial charge in [0, 0.05) is 12.6 Å². The van der Waals surface area contributed by atoms with Crippen molar-refractivity contribution in [2.45, 2.75) is 25.8 Å². The summed E-state index contributed by atoms with van der Waals surface area (Å²) in [6, 6.07) is 5.16. The minimum absolute atomic E-state index is 0.221. The summed E-state index contributed by atoms with van der Waals surface area (Å²) in [7, 11) is 0. The number of nitrogens with one attached hydrogen (secondary N) is 2. The number of likely N-dealkylation sites (N-methyl/N-ethyl adjacent to an activating group) is 1. The van der Waals surface area contributed by atoms with Gasteiger partial charge in [-0.1, -0.05) is 36.2 Å². The molecule has 1 heterocycles. The van der Waals surface area contributed by atoms with Gasteiger partial charge in [0.1, 0.15) is 0 Å². The van der Waals surface area contributed by atoms with Crippen molar-refractivity contribution in [1.29, 1.82) is 0 Å². The smallest absolute Gasteiger partial charge is 0.313 e. The molecule has 1 aromatic rings. The molecule has 1 aliphatic heterocycles. The summed E-state index contributed by atoms with van der Waals surface area (Å²) in [6.07, 6.45) is 2.16. The molecule has 22 heavy (non-hydrogen) atoms. The number of hydrogen-bond donors (Lipinski definition) is 2. The molecule has 1 fully saturated rings. The first-order valence-corrected chi connectivity index (χ1v) is 8.05. The van der Waals surface area contributed by atoms with Crippen LogP contribution in [0.5, 0.6) is 0 Å². The third-order valence-corrected chi connectivity index (χ3v) is 4.63. The van der Waals surface area contributed by atoms with Crippen molar-refractivity contribution in [2.24, 2.45) is 0 Å². The number of likely N-dealkylation sites (tertiary alicyclic amines) is 1. The highest BCUT2D eigenvalue weighted by molar-refractivity contribution is 6.45. The van der Waals surface area contributed by atoms with E-state index >= 15 is 0 Å². The normalized spacial score (nSPS) is 18.2. The van der Waals surface area contributed by atoms with Gasteiger partial charge in [0.05, 0.1) is 15.7 Å². The molecule has 120 valence electrons. The summed E-state index contributed by atoms with van der Waals surface area (Å²) in [5, 5.41) is 5.69. The minimum Gasteiger partial charge on any atom is -0.346 e. The van der Waals surface area contributed by atoms with E-state index in [2.05, 4.69) is 22.5 Å². The van der Waals surface area contributed by atoms with Gasteiger partial charge in [0.25, 0.3) is 0 Å². The van der Waals surface area contributed by atoms with Crippen LogP contribution in [0.2, 0.25) is 10.0 Å². The van der Waals surface area contributed by atoms with E-state index in [0.717, 1.165) is 25.9 Å². The van der Waals surface area contributed by atoms with Crippen LogP contribution in [0.25, 0.3) is 0 Å². The van der Waals surface area contributed by atoms with Gasteiger partial charge in [-0.2, -0.15) is 0 Å². The zero-order chi connectivity index (χ0) is 16.1. The number of halogens is 2. The lowest BCUT2D eigenvalue weighted by Crippen LogP contribution is -2.43. The van der Waals surface area contributed by atoms with Gasteiger partial charge < -0.3 is 10.6 Å². The number of amides is 2. The third kappa shape index (κ3) is 4.12. The Kier molecular flexibility index (Phi) is 6.06. The van der Waals surface area contributed by atoms with E-state index in [1.807, 2.05) is 0 Å². The first kappa shape index (κ1) is 17.1. The molecule has 2 rings (SSSR count). The highest BCUT2D eigenvalue weighted by Crippen LogP contribution is 2.29. The van der Waals surface area contributed by atoms with Crippen molar-refractivity contribution >= 4 is 40.7 Å². The molecule has 0 spiro atoms. The van der Waals surface area contributed by atoms with Crippen LogP contribution in [0.3, 0.4) is 0 Å². The second-order valence-electron chi connectivity index (χ2n) is 5.19. The Morgan fingerprint density at radius 3 is 2.82 bits per heavy atom. The molecule has 2 amide bonds. The molecule has 1 atom stereocenters. The van der Waals surface area contributed by atoms with Gasteiger partial charge in [-0.25, -0.2) is 0 Å². The first-order chi connectivity index (χ1) is 10.5. The van der Waals surface area contributed by atoms with E-state index in [9.17, 15) is 9.59 Å². The quantitative estimate of drug-likeness (QED) is 0.825. The topological polar surface area (TPSA) is 61.4 Å². The molecule has 0 radical (unpaired) electrons. The van der Waals surface area contributed by atoms with E-state index in [4.69, 9.17) is 23.2 Å². The highest BCUT2D eigenvalue weighted by Gasteiger charge is 2.24. The monoisotopic (exact) mass is 343 g/mol. The minimum atomic E-state index is -0.745. The fraction of sp³-hybridized carbons (Fsp3) is 0.467. The average Bonchev–Trinajstić information content (AvgIpc) is 2.96. The van der Waals surface area contributed by atoms with Crippen molar-refractivity contribution < 1.29 is 9.59 Å². The zero-order valence-corrected chi connectivity index (χ0v) is 13.9. The van der Waals surface area contributed by atoms with Crippen LogP contribution < -0.4 is 10.6 Å². The van der Waals surface area contributed by atoms with Crippen molar-refractivity contribution in [3.05, 3.63) is 28.2 Å². The maximum Gasteiger partial charge on any atom is 0.313 e. The number of rotatable bonds is 4. The van der Waals surface area contributed by atoms with Crippen LogP contribution in [-0.2, 0) is 9.59 Å². The van der Waals surface area contributed by atoms with Crippen LogP contribution in [-0.4, -0.2) is 42.4 Å².